The minimum absolute atomic E-state index is 0.0440. The van der Waals surface area contributed by atoms with Gasteiger partial charge in [-0.3, -0.25) is 14.5 Å². The smallest absolute Gasteiger partial charge is 0.266 e. The Morgan fingerprint density at radius 1 is 1.10 bits per heavy atom. The molecule has 30 heavy (non-hydrogen) atoms. The standard InChI is InChI=1S/C23H27N3O2S2/c1-3-12-26-22(28)19(30-23(26)29)15-17-20(24-13-8-5-9-14-24)16-10-6-7-11-18(16)25(4-2)21(17)27/h6-7,10-11,15H,3-5,8-9,12-14H2,1-2H3. The van der Waals surface area contributed by atoms with E-state index < -0.39 is 0 Å². The minimum atomic E-state index is -0.0907. The second kappa shape index (κ2) is 8.94. The Morgan fingerprint density at radius 2 is 1.83 bits per heavy atom. The largest absolute Gasteiger partial charge is 0.370 e. The number of hydrogen-bond acceptors (Lipinski definition) is 5. The van der Waals surface area contributed by atoms with Crippen LogP contribution in [0.25, 0.3) is 17.0 Å². The van der Waals surface area contributed by atoms with Crippen LogP contribution < -0.4 is 10.5 Å². The van der Waals surface area contributed by atoms with Crippen molar-refractivity contribution in [1.82, 2.24) is 9.47 Å². The number of anilines is 1. The predicted molar refractivity (Wildman–Crippen MR) is 130 cm³/mol. The van der Waals surface area contributed by atoms with E-state index in [1.165, 1.54) is 18.2 Å². The number of benzene rings is 1. The maximum Gasteiger partial charge on any atom is 0.266 e. The lowest BCUT2D eigenvalue weighted by Crippen LogP contribution is -2.34. The lowest BCUT2D eigenvalue weighted by Gasteiger charge is -2.31. The number of rotatable bonds is 5. The van der Waals surface area contributed by atoms with E-state index in [1.54, 1.807) is 15.5 Å². The molecule has 2 fully saturated rings. The summed E-state index contributed by atoms with van der Waals surface area (Å²) in [6.07, 6.45) is 6.08. The van der Waals surface area contributed by atoms with Gasteiger partial charge in [-0.15, -0.1) is 0 Å². The summed E-state index contributed by atoms with van der Waals surface area (Å²) in [6.45, 7) is 7.06. The van der Waals surface area contributed by atoms with Gasteiger partial charge in [0, 0.05) is 31.6 Å². The van der Waals surface area contributed by atoms with E-state index in [9.17, 15) is 9.59 Å². The number of piperidine rings is 1. The van der Waals surface area contributed by atoms with Crippen LogP contribution in [0.15, 0.2) is 34.0 Å². The van der Waals surface area contributed by atoms with E-state index >= 15 is 0 Å². The van der Waals surface area contributed by atoms with Crippen LogP contribution in [0.2, 0.25) is 0 Å². The SMILES string of the molecule is CCCN1C(=O)C(=Cc2c(N3CCCCC3)c3ccccc3n(CC)c2=O)SC1=S. The normalized spacial score (nSPS) is 18.8. The van der Waals surface area contributed by atoms with Crippen LogP contribution in [0.1, 0.15) is 45.1 Å². The number of thiocarbonyl (C=S) groups is 1. The topological polar surface area (TPSA) is 45.6 Å². The maximum absolute atomic E-state index is 13.6. The Hall–Kier alpha value is -2.12. The average Bonchev–Trinajstić information content (AvgIpc) is 3.03. The highest BCUT2D eigenvalue weighted by Gasteiger charge is 2.32. The van der Waals surface area contributed by atoms with E-state index in [4.69, 9.17) is 12.2 Å². The predicted octanol–water partition coefficient (Wildman–Crippen LogP) is 4.62. The molecule has 158 valence electrons. The zero-order chi connectivity index (χ0) is 21.3. The quantitative estimate of drug-likeness (QED) is 0.500. The highest BCUT2D eigenvalue weighted by atomic mass is 32.2. The highest BCUT2D eigenvalue weighted by molar-refractivity contribution is 8.26. The van der Waals surface area contributed by atoms with Gasteiger partial charge in [-0.2, -0.15) is 0 Å². The molecule has 0 bridgehead atoms. The molecule has 5 nitrogen and oxygen atoms in total. The first kappa shape index (κ1) is 21.1. The van der Waals surface area contributed by atoms with Crippen LogP contribution in [-0.4, -0.2) is 39.3 Å². The van der Waals surface area contributed by atoms with Gasteiger partial charge in [0.1, 0.15) is 4.32 Å². The lowest BCUT2D eigenvalue weighted by atomic mass is 10.0. The van der Waals surface area contributed by atoms with Gasteiger partial charge in [-0.05, 0) is 44.7 Å². The average molecular weight is 442 g/mol. The van der Waals surface area contributed by atoms with E-state index in [2.05, 4.69) is 11.0 Å². The Labute approximate surface area is 186 Å². The fraction of sp³-hybridized carbons (Fsp3) is 0.435. The third kappa shape index (κ3) is 3.69. The first-order chi connectivity index (χ1) is 14.6. The van der Waals surface area contributed by atoms with Gasteiger partial charge in [0.25, 0.3) is 11.5 Å². The summed E-state index contributed by atoms with van der Waals surface area (Å²) in [6, 6.07) is 8.09. The van der Waals surface area contributed by atoms with E-state index in [0.29, 0.717) is 27.9 Å². The molecule has 0 atom stereocenters. The molecule has 2 aromatic rings. The molecule has 0 radical (unpaired) electrons. The number of carbonyl (C=O) groups is 1. The highest BCUT2D eigenvalue weighted by Crippen LogP contribution is 2.36. The first-order valence-electron chi connectivity index (χ1n) is 10.7. The lowest BCUT2D eigenvalue weighted by molar-refractivity contribution is -0.122. The number of aryl methyl sites for hydroxylation is 1. The number of pyridine rings is 1. The zero-order valence-corrected chi connectivity index (χ0v) is 19.2. The molecule has 1 aromatic heterocycles. The monoisotopic (exact) mass is 441 g/mol. The third-order valence-corrected chi connectivity index (χ3v) is 7.14. The summed E-state index contributed by atoms with van der Waals surface area (Å²) >= 11 is 6.73. The van der Waals surface area contributed by atoms with Crippen molar-refractivity contribution >= 4 is 56.9 Å². The molecule has 1 amide bonds. The molecule has 7 heteroatoms. The van der Waals surface area contributed by atoms with E-state index in [0.717, 1.165) is 48.9 Å². The summed E-state index contributed by atoms with van der Waals surface area (Å²) in [4.78, 5) is 31.1. The molecule has 4 rings (SSSR count). The Bertz CT molecular complexity index is 1080. The van der Waals surface area contributed by atoms with Crippen molar-refractivity contribution in [3.8, 4) is 0 Å². The number of nitrogens with zero attached hydrogens (tertiary/aromatic N) is 3. The molecular weight excluding hydrogens is 414 g/mol. The molecule has 2 saturated heterocycles. The number of fused-ring (bicyclic) bond motifs is 1. The Kier molecular flexibility index (Phi) is 6.29. The van der Waals surface area contributed by atoms with Crippen LogP contribution in [0.5, 0.6) is 0 Å². The molecule has 3 heterocycles. The van der Waals surface area contributed by atoms with Gasteiger partial charge in [-0.1, -0.05) is 49.1 Å². The van der Waals surface area contributed by atoms with Crippen LogP contribution in [0, 0.1) is 0 Å². The molecule has 0 unspecified atom stereocenters. The zero-order valence-electron chi connectivity index (χ0n) is 17.5. The van der Waals surface area contributed by atoms with Crippen molar-refractivity contribution in [2.75, 3.05) is 24.5 Å². The number of amides is 1. The van der Waals surface area contributed by atoms with Crippen molar-refractivity contribution in [2.45, 2.75) is 46.1 Å². The van der Waals surface area contributed by atoms with Crippen LogP contribution in [0.4, 0.5) is 5.69 Å². The van der Waals surface area contributed by atoms with Gasteiger partial charge in [0.05, 0.1) is 21.7 Å². The Balaban J connectivity index is 1.94. The fourth-order valence-corrected chi connectivity index (χ4v) is 5.65. The van der Waals surface area contributed by atoms with Crippen molar-refractivity contribution in [3.63, 3.8) is 0 Å². The van der Waals surface area contributed by atoms with Crippen LogP contribution >= 0.6 is 24.0 Å². The molecule has 0 aliphatic carbocycles. The second-order valence-corrected chi connectivity index (χ2v) is 9.39. The van der Waals surface area contributed by atoms with Crippen molar-refractivity contribution in [2.24, 2.45) is 0 Å². The minimum Gasteiger partial charge on any atom is -0.370 e. The van der Waals surface area contributed by atoms with Crippen LogP contribution in [0.3, 0.4) is 0 Å². The van der Waals surface area contributed by atoms with Crippen molar-refractivity contribution < 1.29 is 4.79 Å². The second-order valence-electron chi connectivity index (χ2n) is 7.71. The molecular formula is C23H27N3O2S2. The molecule has 2 aliphatic rings. The first-order valence-corrected chi connectivity index (χ1v) is 11.9. The molecule has 1 aromatic carbocycles. The summed E-state index contributed by atoms with van der Waals surface area (Å²) < 4.78 is 2.38. The summed E-state index contributed by atoms with van der Waals surface area (Å²) in [5.74, 6) is -0.0907. The van der Waals surface area contributed by atoms with Gasteiger partial charge < -0.3 is 9.47 Å². The van der Waals surface area contributed by atoms with Gasteiger partial charge >= 0.3 is 0 Å². The fourth-order valence-electron chi connectivity index (χ4n) is 4.36. The maximum atomic E-state index is 13.6. The number of hydrogen-bond donors (Lipinski definition) is 0. The Morgan fingerprint density at radius 3 is 2.53 bits per heavy atom. The third-order valence-electron chi connectivity index (χ3n) is 5.77. The van der Waals surface area contributed by atoms with Gasteiger partial charge in [0.15, 0.2) is 0 Å². The summed E-state index contributed by atoms with van der Waals surface area (Å²) in [7, 11) is 0. The molecule has 0 spiro atoms. The number of carbonyl (C=O) groups excluding carboxylic acids is 1. The summed E-state index contributed by atoms with van der Waals surface area (Å²) in [5.41, 5.74) is 2.47. The molecule has 0 saturated carbocycles. The van der Waals surface area contributed by atoms with Crippen LogP contribution in [-0.2, 0) is 11.3 Å². The van der Waals surface area contributed by atoms with E-state index in [1.807, 2.05) is 32.0 Å². The van der Waals surface area contributed by atoms with E-state index in [-0.39, 0.29) is 11.5 Å². The number of thioether (sulfide) groups is 1. The van der Waals surface area contributed by atoms with Crippen molar-refractivity contribution in [3.05, 3.63) is 45.1 Å². The van der Waals surface area contributed by atoms with Crippen molar-refractivity contribution in [1.29, 1.82) is 0 Å². The molecule has 2 aliphatic heterocycles. The van der Waals surface area contributed by atoms with Gasteiger partial charge in [0.2, 0.25) is 0 Å². The molecule has 0 N–H and O–H groups in total. The number of aromatic nitrogens is 1. The summed E-state index contributed by atoms with van der Waals surface area (Å²) in [5, 5.41) is 1.07. The van der Waals surface area contributed by atoms with Gasteiger partial charge in [-0.25, -0.2) is 0 Å². The number of para-hydroxylation sites is 1.